The summed E-state index contributed by atoms with van der Waals surface area (Å²) in [5.74, 6) is -0.0101. The Labute approximate surface area is 180 Å². The molecule has 0 spiro atoms. The van der Waals surface area contributed by atoms with Crippen molar-refractivity contribution in [3.05, 3.63) is 58.9 Å². The molecule has 1 unspecified atom stereocenters. The molecule has 0 radical (unpaired) electrons. The summed E-state index contributed by atoms with van der Waals surface area (Å²) in [5, 5.41) is 2.19. The van der Waals surface area contributed by atoms with E-state index in [1.807, 2.05) is 28.5 Å². The van der Waals surface area contributed by atoms with Crippen molar-refractivity contribution in [2.24, 2.45) is 0 Å². The first-order chi connectivity index (χ1) is 14.4. The third kappa shape index (κ3) is 4.73. The van der Waals surface area contributed by atoms with Gasteiger partial charge in [0.05, 0.1) is 23.7 Å². The van der Waals surface area contributed by atoms with Crippen molar-refractivity contribution in [3.63, 3.8) is 0 Å². The number of carbonyl (C=O) groups is 1. The Balaban J connectivity index is 1.51. The van der Waals surface area contributed by atoms with Gasteiger partial charge in [-0.05, 0) is 29.9 Å². The molecule has 1 amide bonds. The van der Waals surface area contributed by atoms with E-state index in [1.54, 1.807) is 35.6 Å². The van der Waals surface area contributed by atoms with Gasteiger partial charge in [-0.3, -0.25) is 4.79 Å². The number of thiophene rings is 1. The number of alkyl halides is 3. The molecule has 0 N–H and O–H groups in total. The Kier molecular flexibility index (Phi) is 6.19. The number of hydrogen-bond acceptors (Lipinski definition) is 4. The molecule has 0 bridgehead atoms. The number of halogens is 3. The smallest absolute Gasteiger partial charge is 0.334 e. The Bertz CT molecular complexity index is 987. The molecule has 9 heteroatoms. The molecule has 1 aliphatic rings. The summed E-state index contributed by atoms with van der Waals surface area (Å²) >= 11 is 2.68. The van der Waals surface area contributed by atoms with E-state index >= 15 is 0 Å². The molecule has 3 heterocycles. The molecule has 30 heavy (non-hydrogen) atoms. The number of rotatable bonds is 6. The molecule has 1 fully saturated rings. The first kappa shape index (κ1) is 21.0. The maximum Gasteiger partial charge on any atom is 0.406 e. The van der Waals surface area contributed by atoms with Crippen LogP contribution in [0.4, 0.5) is 13.2 Å². The minimum Gasteiger partial charge on any atom is -0.334 e. The number of benzene rings is 1. The van der Waals surface area contributed by atoms with Crippen LogP contribution in [0.5, 0.6) is 0 Å². The van der Waals surface area contributed by atoms with Crippen molar-refractivity contribution in [2.45, 2.75) is 36.8 Å². The van der Waals surface area contributed by atoms with Gasteiger partial charge in [0.15, 0.2) is 5.16 Å². The van der Waals surface area contributed by atoms with Crippen molar-refractivity contribution in [2.75, 3.05) is 12.3 Å². The maximum atomic E-state index is 13.2. The highest BCUT2D eigenvalue weighted by Gasteiger charge is 2.33. The molecule has 1 aromatic carbocycles. The highest BCUT2D eigenvalue weighted by atomic mass is 32.2. The van der Waals surface area contributed by atoms with Gasteiger partial charge in [0.1, 0.15) is 6.54 Å². The van der Waals surface area contributed by atoms with Crippen molar-refractivity contribution in [3.8, 4) is 11.3 Å². The largest absolute Gasteiger partial charge is 0.406 e. The maximum absolute atomic E-state index is 13.2. The zero-order valence-electron chi connectivity index (χ0n) is 16.0. The van der Waals surface area contributed by atoms with Crippen LogP contribution in [0.15, 0.2) is 59.2 Å². The monoisotopic (exact) mass is 451 g/mol. The molecule has 0 saturated carbocycles. The van der Waals surface area contributed by atoms with Crippen molar-refractivity contribution in [1.29, 1.82) is 0 Å². The molecule has 4 rings (SSSR count). The average molecular weight is 452 g/mol. The Hall–Kier alpha value is -2.26. The predicted octanol–water partition coefficient (Wildman–Crippen LogP) is 5.63. The summed E-state index contributed by atoms with van der Waals surface area (Å²) in [6.07, 6.45) is -1.10. The number of aromatic nitrogens is 2. The van der Waals surface area contributed by atoms with E-state index in [-0.39, 0.29) is 22.9 Å². The molecule has 4 nitrogen and oxygen atoms in total. The molecule has 1 atom stereocenters. The average Bonchev–Trinajstić information content (AvgIpc) is 3.46. The minimum absolute atomic E-state index is 0.0605. The van der Waals surface area contributed by atoms with E-state index in [9.17, 15) is 18.0 Å². The molecule has 3 aromatic rings. The lowest BCUT2D eigenvalue weighted by molar-refractivity contribution is -0.141. The van der Waals surface area contributed by atoms with Crippen LogP contribution in [0.3, 0.4) is 0 Å². The van der Waals surface area contributed by atoms with Gasteiger partial charge in [0.2, 0.25) is 5.91 Å². The highest BCUT2D eigenvalue weighted by molar-refractivity contribution is 7.99. The quantitative estimate of drug-likeness (QED) is 0.456. The summed E-state index contributed by atoms with van der Waals surface area (Å²) in [5.41, 5.74) is 1.05. The van der Waals surface area contributed by atoms with Gasteiger partial charge in [-0.2, -0.15) is 13.2 Å². The minimum atomic E-state index is -4.39. The number of thioether (sulfide) groups is 1. The standard InChI is InChI=1S/C21H20F3N3OS2/c22-21(23,24)14-27-17(15-6-2-1-3-7-15)12-25-20(27)30-13-19(28)26-10-4-8-16(26)18-9-5-11-29-18/h1-3,5-7,9,11-12,16H,4,8,10,13-14H2. The van der Waals surface area contributed by atoms with Gasteiger partial charge in [0.25, 0.3) is 0 Å². The Morgan fingerprint density at radius 3 is 2.70 bits per heavy atom. The second-order valence-electron chi connectivity index (χ2n) is 7.04. The van der Waals surface area contributed by atoms with Gasteiger partial charge < -0.3 is 9.47 Å². The molecular weight excluding hydrogens is 431 g/mol. The number of likely N-dealkylation sites (tertiary alicyclic amines) is 1. The first-order valence-corrected chi connectivity index (χ1v) is 11.4. The van der Waals surface area contributed by atoms with Gasteiger partial charge in [-0.25, -0.2) is 4.98 Å². The fourth-order valence-corrected chi connectivity index (χ4v) is 5.43. The predicted molar refractivity (Wildman–Crippen MR) is 112 cm³/mol. The zero-order valence-corrected chi connectivity index (χ0v) is 17.6. The highest BCUT2D eigenvalue weighted by Crippen LogP contribution is 2.36. The van der Waals surface area contributed by atoms with Crippen molar-refractivity contribution in [1.82, 2.24) is 14.5 Å². The van der Waals surface area contributed by atoms with Crippen LogP contribution < -0.4 is 0 Å². The molecule has 1 saturated heterocycles. The van der Waals surface area contributed by atoms with Gasteiger partial charge in [0, 0.05) is 11.4 Å². The number of hydrogen-bond donors (Lipinski definition) is 0. The fourth-order valence-electron chi connectivity index (χ4n) is 3.70. The number of carbonyl (C=O) groups excluding carboxylic acids is 1. The molecular formula is C21H20F3N3OS2. The van der Waals surface area contributed by atoms with E-state index in [0.717, 1.165) is 34.0 Å². The topological polar surface area (TPSA) is 38.1 Å². The van der Waals surface area contributed by atoms with E-state index < -0.39 is 12.7 Å². The number of nitrogens with zero attached hydrogens (tertiary/aromatic N) is 3. The lowest BCUT2D eigenvalue weighted by atomic mass is 10.2. The van der Waals surface area contributed by atoms with Crippen molar-refractivity contribution < 1.29 is 18.0 Å². The zero-order chi connectivity index (χ0) is 21.1. The summed E-state index contributed by atoms with van der Waals surface area (Å²) in [6.45, 7) is -0.469. The lowest BCUT2D eigenvalue weighted by Crippen LogP contribution is -2.31. The molecule has 158 valence electrons. The van der Waals surface area contributed by atoms with E-state index in [2.05, 4.69) is 4.98 Å². The third-order valence-corrected chi connectivity index (χ3v) is 6.94. The summed E-state index contributed by atoms with van der Waals surface area (Å²) in [7, 11) is 0. The third-order valence-electron chi connectivity index (χ3n) is 5.00. The van der Waals surface area contributed by atoms with Gasteiger partial charge >= 0.3 is 6.18 Å². The second kappa shape index (κ2) is 8.85. The Morgan fingerprint density at radius 2 is 2.00 bits per heavy atom. The lowest BCUT2D eigenvalue weighted by Gasteiger charge is -2.23. The summed E-state index contributed by atoms with van der Waals surface area (Å²) < 4.78 is 40.8. The molecule has 2 aromatic heterocycles. The number of amides is 1. The summed E-state index contributed by atoms with van der Waals surface area (Å²) in [6, 6.07) is 12.9. The van der Waals surface area contributed by atoms with Crippen LogP contribution in [0.25, 0.3) is 11.3 Å². The fraction of sp³-hybridized carbons (Fsp3) is 0.333. The Morgan fingerprint density at radius 1 is 1.20 bits per heavy atom. The van der Waals surface area contributed by atoms with E-state index in [0.29, 0.717) is 17.8 Å². The van der Waals surface area contributed by atoms with Crippen LogP contribution in [0, 0.1) is 0 Å². The van der Waals surface area contributed by atoms with Gasteiger partial charge in [-0.1, -0.05) is 48.2 Å². The van der Waals surface area contributed by atoms with Crippen LogP contribution in [0.1, 0.15) is 23.8 Å². The second-order valence-corrected chi connectivity index (χ2v) is 8.96. The van der Waals surface area contributed by atoms with Gasteiger partial charge in [-0.15, -0.1) is 11.3 Å². The summed E-state index contributed by atoms with van der Waals surface area (Å²) in [4.78, 5) is 20.0. The van der Waals surface area contributed by atoms with E-state index in [1.165, 1.54) is 6.20 Å². The van der Waals surface area contributed by atoms with E-state index in [4.69, 9.17) is 0 Å². The first-order valence-electron chi connectivity index (χ1n) is 9.56. The number of imidazole rings is 1. The normalized spacial score (nSPS) is 16.9. The van der Waals surface area contributed by atoms with Crippen LogP contribution >= 0.6 is 23.1 Å². The van der Waals surface area contributed by atoms with Crippen LogP contribution in [-0.4, -0.2) is 38.8 Å². The van der Waals surface area contributed by atoms with Crippen molar-refractivity contribution >= 4 is 29.0 Å². The molecule has 0 aliphatic carbocycles. The molecule has 1 aliphatic heterocycles. The SMILES string of the molecule is O=C(CSc1ncc(-c2ccccc2)n1CC(F)(F)F)N1CCCC1c1cccs1. The van der Waals surface area contributed by atoms with Crippen LogP contribution in [-0.2, 0) is 11.3 Å². The van der Waals surface area contributed by atoms with Crippen LogP contribution in [0.2, 0.25) is 0 Å².